The molecule has 27 heavy (non-hydrogen) atoms. The van der Waals surface area contributed by atoms with Crippen LogP contribution in [0.25, 0.3) is 0 Å². The fourth-order valence-electron chi connectivity index (χ4n) is 3.79. The number of phenolic OH excluding ortho intramolecular Hbond substituents is 1. The number of carbonyl (C=O) groups excluding carboxylic acids is 2. The second-order valence-corrected chi connectivity index (χ2v) is 8.69. The maximum atomic E-state index is 12.9. The zero-order chi connectivity index (χ0) is 19.2. The highest BCUT2D eigenvalue weighted by molar-refractivity contribution is 7.99. The highest BCUT2D eigenvalue weighted by Gasteiger charge is 2.45. The Labute approximate surface area is 162 Å². The average molecular weight is 382 g/mol. The van der Waals surface area contributed by atoms with Gasteiger partial charge in [0.1, 0.15) is 5.75 Å². The van der Waals surface area contributed by atoms with Crippen LogP contribution in [0.1, 0.15) is 34.3 Å². The Morgan fingerprint density at radius 1 is 1.22 bits per heavy atom. The van der Waals surface area contributed by atoms with Gasteiger partial charge < -0.3 is 15.3 Å². The number of nitrogens with one attached hydrogen (secondary N) is 1. The number of rotatable bonds is 3. The molecule has 0 bridgehead atoms. The molecule has 1 unspecified atom stereocenters. The monoisotopic (exact) mass is 382 g/mol. The van der Waals surface area contributed by atoms with Crippen LogP contribution >= 0.6 is 11.8 Å². The van der Waals surface area contributed by atoms with E-state index in [0.29, 0.717) is 13.1 Å². The van der Waals surface area contributed by atoms with Gasteiger partial charge in [-0.1, -0.05) is 29.8 Å². The predicted octanol–water partition coefficient (Wildman–Crippen LogP) is 2.92. The van der Waals surface area contributed by atoms with Gasteiger partial charge >= 0.3 is 0 Å². The topological polar surface area (TPSA) is 69.6 Å². The second kappa shape index (κ2) is 6.60. The lowest BCUT2D eigenvalue weighted by Gasteiger charge is -2.49. The van der Waals surface area contributed by atoms with Crippen molar-refractivity contribution in [3.63, 3.8) is 0 Å². The van der Waals surface area contributed by atoms with Gasteiger partial charge in [-0.05, 0) is 37.6 Å². The Kier molecular flexibility index (Phi) is 4.38. The van der Waals surface area contributed by atoms with E-state index in [1.54, 1.807) is 23.9 Å². The largest absolute Gasteiger partial charge is 0.507 e. The standard InChI is InChI=1S/C21H22N2O3S/c1-13-7-8-17(24)15(9-13)19(25)22-21(2)11-23(12-21)20(26)16-10-27-18-6-4-3-5-14(16)18/h3-9,16,24H,10-12H2,1-2H3,(H,22,25). The molecule has 5 nitrogen and oxygen atoms in total. The SMILES string of the molecule is Cc1ccc(O)c(C(=O)NC2(C)CN(C(=O)C3CSc4ccccc43)C2)c1. The number of likely N-dealkylation sites (tertiary alicyclic amines) is 1. The Morgan fingerprint density at radius 2 is 1.96 bits per heavy atom. The number of aryl methyl sites for hydroxylation is 1. The van der Waals surface area contributed by atoms with E-state index in [2.05, 4.69) is 11.4 Å². The number of carbonyl (C=O) groups is 2. The smallest absolute Gasteiger partial charge is 0.255 e. The summed E-state index contributed by atoms with van der Waals surface area (Å²) in [6, 6.07) is 13.0. The van der Waals surface area contributed by atoms with E-state index < -0.39 is 5.54 Å². The van der Waals surface area contributed by atoms with Gasteiger partial charge in [0.15, 0.2) is 0 Å². The molecule has 1 fully saturated rings. The maximum absolute atomic E-state index is 12.9. The van der Waals surface area contributed by atoms with E-state index in [1.807, 2.05) is 36.9 Å². The normalized spacial score (nSPS) is 19.9. The van der Waals surface area contributed by atoms with Gasteiger partial charge in [-0.3, -0.25) is 9.59 Å². The fourth-order valence-corrected chi connectivity index (χ4v) is 5.01. The van der Waals surface area contributed by atoms with Crippen molar-refractivity contribution in [1.82, 2.24) is 10.2 Å². The van der Waals surface area contributed by atoms with Crippen LogP contribution in [-0.2, 0) is 4.79 Å². The number of hydrogen-bond donors (Lipinski definition) is 2. The summed E-state index contributed by atoms with van der Waals surface area (Å²) < 4.78 is 0. The third kappa shape index (κ3) is 3.30. The maximum Gasteiger partial charge on any atom is 0.255 e. The molecule has 0 aromatic heterocycles. The van der Waals surface area contributed by atoms with Gasteiger partial charge in [-0.2, -0.15) is 0 Å². The van der Waals surface area contributed by atoms with Crippen LogP contribution in [-0.4, -0.2) is 46.2 Å². The summed E-state index contributed by atoms with van der Waals surface area (Å²) >= 11 is 1.72. The molecule has 6 heteroatoms. The quantitative estimate of drug-likeness (QED) is 0.856. The van der Waals surface area contributed by atoms with Gasteiger partial charge in [-0.15, -0.1) is 11.8 Å². The first-order valence-corrected chi connectivity index (χ1v) is 9.97. The first-order valence-electron chi connectivity index (χ1n) is 8.99. The summed E-state index contributed by atoms with van der Waals surface area (Å²) in [6.07, 6.45) is 0. The highest BCUT2D eigenvalue weighted by Crippen LogP contribution is 2.41. The zero-order valence-corrected chi connectivity index (χ0v) is 16.2. The van der Waals surface area contributed by atoms with Crippen molar-refractivity contribution in [2.45, 2.75) is 30.2 Å². The molecule has 0 aliphatic carbocycles. The molecule has 2 aromatic rings. The summed E-state index contributed by atoms with van der Waals surface area (Å²) in [6.45, 7) is 4.76. The van der Waals surface area contributed by atoms with Gasteiger partial charge in [0.05, 0.1) is 17.0 Å². The molecule has 1 atom stereocenters. The van der Waals surface area contributed by atoms with Crippen LogP contribution in [0, 0.1) is 6.92 Å². The van der Waals surface area contributed by atoms with Crippen LogP contribution in [0.2, 0.25) is 0 Å². The van der Waals surface area contributed by atoms with Gasteiger partial charge in [0, 0.05) is 23.7 Å². The molecule has 2 aliphatic rings. The molecular weight excluding hydrogens is 360 g/mol. The van der Waals surface area contributed by atoms with E-state index in [4.69, 9.17) is 0 Å². The van der Waals surface area contributed by atoms with Crippen LogP contribution in [0.5, 0.6) is 5.75 Å². The van der Waals surface area contributed by atoms with Gasteiger partial charge in [0.2, 0.25) is 5.91 Å². The second-order valence-electron chi connectivity index (χ2n) is 7.63. The van der Waals surface area contributed by atoms with Crippen molar-refractivity contribution >= 4 is 23.6 Å². The lowest BCUT2D eigenvalue weighted by molar-refractivity contribution is -0.140. The molecule has 4 rings (SSSR count). The molecule has 2 N–H and O–H groups in total. The molecule has 0 saturated carbocycles. The first kappa shape index (κ1) is 17.9. The van der Waals surface area contributed by atoms with Crippen LogP contribution in [0.4, 0.5) is 0 Å². The van der Waals surface area contributed by atoms with Crippen molar-refractivity contribution < 1.29 is 14.7 Å². The molecule has 0 radical (unpaired) electrons. The molecule has 2 aliphatic heterocycles. The van der Waals surface area contributed by atoms with Gasteiger partial charge in [0.25, 0.3) is 5.91 Å². The predicted molar refractivity (Wildman–Crippen MR) is 105 cm³/mol. The third-order valence-electron chi connectivity index (χ3n) is 5.20. The Bertz CT molecular complexity index is 921. The molecule has 0 spiro atoms. The summed E-state index contributed by atoms with van der Waals surface area (Å²) in [5, 5.41) is 12.9. The summed E-state index contributed by atoms with van der Waals surface area (Å²) in [5.74, 6) is 0.445. The minimum Gasteiger partial charge on any atom is -0.507 e. The number of thioether (sulfide) groups is 1. The third-order valence-corrected chi connectivity index (χ3v) is 6.38. The van der Waals surface area contributed by atoms with E-state index in [1.165, 1.54) is 11.0 Å². The Morgan fingerprint density at radius 3 is 2.74 bits per heavy atom. The number of nitrogens with zero attached hydrogens (tertiary/aromatic N) is 1. The van der Waals surface area contributed by atoms with Crippen LogP contribution < -0.4 is 5.32 Å². The van der Waals surface area contributed by atoms with E-state index >= 15 is 0 Å². The molecule has 140 valence electrons. The zero-order valence-electron chi connectivity index (χ0n) is 15.4. The fraction of sp³-hybridized carbons (Fsp3) is 0.333. The lowest BCUT2D eigenvalue weighted by atomic mass is 9.89. The van der Waals surface area contributed by atoms with Crippen molar-refractivity contribution in [2.24, 2.45) is 0 Å². The summed E-state index contributed by atoms with van der Waals surface area (Å²) in [5.41, 5.74) is 1.80. The molecule has 1 saturated heterocycles. The lowest BCUT2D eigenvalue weighted by Crippen LogP contribution is -2.70. The number of amides is 2. The Balaban J connectivity index is 1.40. The van der Waals surface area contributed by atoms with Crippen LogP contribution in [0.15, 0.2) is 47.4 Å². The number of phenols is 1. The highest BCUT2D eigenvalue weighted by atomic mass is 32.2. The number of hydrogen-bond acceptors (Lipinski definition) is 4. The van der Waals surface area contributed by atoms with E-state index in [-0.39, 0.29) is 29.0 Å². The summed E-state index contributed by atoms with van der Waals surface area (Å²) in [4.78, 5) is 28.4. The minimum absolute atomic E-state index is 0.0338. The number of aromatic hydroxyl groups is 1. The van der Waals surface area contributed by atoms with E-state index in [0.717, 1.165) is 16.9 Å². The van der Waals surface area contributed by atoms with Crippen molar-refractivity contribution in [2.75, 3.05) is 18.8 Å². The summed E-state index contributed by atoms with van der Waals surface area (Å²) in [7, 11) is 0. The first-order chi connectivity index (χ1) is 12.9. The number of benzene rings is 2. The van der Waals surface area contributed by atoms with Crippen LogP contribution in [0.3, 0.4) is 0 Å². The minimum atomic E-state index is -0.478. The van der Waals surface area contributed by atoms with E-state index in [9.17, 15) is 14.7 Å². The molecular formula is C21H22N2O3S. The van der Waals surface area contributed by atoms with Crippen molar-refractivity contribution in [1.29, 1.82) is 0 Å². The average Bonchev–Trinajstić information content (AvgIpc) is 3.05. The molecule has 2 amide bonds. The van der Waals surface area contributed by atoms with Crippen molar-refractivity contribution in [3.05, 3.63) is 59.2 Å². The number of fused-ring (bicyclic) bond motifs is 1. The molecule has 2 aromatic carbocycles. The van der Waals surface area contributed by atoms with Crippen molar-refractivity contribution in [3.8, 4) is 5.75 Å². The molecule has 2 heterocycles. The Hall–Kier alpha value is -2.47. The van der Waals surface area contributed by atoms with Gasteiger partial charge in [-0.25, -0.2) is 0 Å².